The summed E-state index contributed by atoms with van der Waals surface area (Å²) in [5, 5.41) is 13.6. The summed E-state index contributed by atoms with van der Waals surface area (Å²) in [7, 11) is 1.90. The molecule has 1 heterocycles. The summed E-state index contributed by atoms with van der Waals surface area (Å²) in [6, 6.07) is 14.3. The van der Waals surface area contributed by atoms with Crippen molar-refractivity contribution in [3.8, 4) is 11.5 Å². The van der Waals surface area contributed by atoms with E-state index in [0.29, 0.717) is 11.8 Å². The summed E-state index contributed by atoms with van der Waals surface area (Å²) < 4.78 is 5.72. The van der Waals surface area contributed by atoms with Gasteiger partial charge in [0.05, 0.1) is 0 Å². The number of nitrogens with zero attached hydrogens (tertiary/aromatic N) is 2. The lowest BCUT2D eigenvalue weighted by Crippen LogP contribution is -2.10. The van der Waals surface area contributed by atoms with Crippen molar-refractivity contribution in [3.63, 3.8) is 0 Å². The molecular formula is C15H15N3O. The molecule has 0 saturated heterocycles. The van der Waals surface area contributed by atoms with Gasteiger partial charge in [-0.05, 0) is 23.9 Å². The van der Waals surface area contributed by atoms with E-state index in [-0.39, 0.29) is 0 Å². The van der Waals surface area contributed by atoms with Crippen molar-refractivity contribution in [2.24, 2.45) is 0 Å². The number of nitrogens with one attached hydrogen (secondary N) is 1. The molecule has 0 atom stereocenters. The summed E-state index contributed by atoms with van der Waals surface area (Å²) in [4.78, 5) is 0. The Bertz CT molecular complexity index is 685. The third kappa shape index (κ3) is 2.35. The van der Waals surface area contributed by atoms with E-state index in [9.17, 15) is 0 Å². The molecule has 0 aliphatic heterocycles. The normalized spacial score (nSPS) is 11.0. The van der Waals surface area contributed by atoms with Gasteiger partial charge in [0.15, 0.2) is 0 Å². The van der Waals surface area contributed by atoms with Crippen LogP contribution in [0, 0.1) is 0 Å². The lowest BCUT2D eigenvalue weighted by molar-refractivity contribution is 0.500. The highest BCUT2D eigenvalue weighted by Gasteiger charge is 2.10. The lowest BCUT2D eigenvalue weighted by Gasteiger charge is -2.01. The van der Waals surface area contributed by atoms with Crippen LogP contribution < -0.4 is 5.32 Å². The minimum Gasteiger partial charge on any atom is -0.421 e. The quantitative estimate of drug-likeness (QED) is 0.776. The van der Waals surface area contributed by atoms with Gasteiger partial charge in [-0.25, -0.2) is 0 Å². The van der Waals surface area contributed by atoms with Gasteiger partial charge in [0, 0.05) is 18.5 Å². The Balaban J connectivity index is 2.02. The van der Waals surface area contributed by atoms with E-state index in [2.05, 4.69) is 33.7 Å². The highest BCUT2D eigenvalue weighted by atomic mass is 16.4. The second kappa shape index (κ2) is 5.20. The number of fused-ring (bicyclic) bond motifs is 1. The predicted octanol–water partition coefficient (Wildman–Crippen LogP) is 2.65. The molecule has 0 aliphatic rings. The van der Waals surface area contributed by atoms with Gasteiger partial charge in [-0.2, -0.15) is 0 Å². The van der Waals surface area contributed by atoms with Gasteiger partial charge in [-0.1, -0.05) is 36.4 Å². The molecule has 3 aromatic rings. The van der Waals surface area contributed by atoms with E-state index < -0.39 is 0 Å². The molecule has 1 N–H and O–H groups in total. The number of rotatable bonds is 4. The van der Waals surface area contributed by atoms with Crippen molar-refractivity contribution in [3.05, 3.63) is 48.4 Å². The fourth-order valence-electron chi connectivity index (χ4n) is 2.11. The molecule has 1 aromatic heterocycles. The van der Waals surface area contributed by atoms with Crippen molar-refractivity contribution in [1.82, 2.24) is 15.5 Å². The molecule has 0 fully saturated rings. The Kier molecular flexibility index (Phi) is 3.25. The third-order valence-electron chi connectivity index (χ3n) is 3.08. The van der Waals surface area contributed by atoms with Crippen LogP contribution in [0.2, 0.25) is 0 Å². The summed E-state index contributed by atoms with van der Waals surface area (Å²) >= 11 is 0. The maximum atomic E-state index is 5.72. The van der Waals surface area contributed by atoms with Crippen LogP contribution in [0.3, 0.4) is 0 Å². The average molecular weight is 253 g/mol. The largest absolute Gasteiger partial charge is 0.421 e. The first-order chi connectivity index (χ1) is 9.38. The van der Waals surface area contributed by atoms with E-state index in [1.165, 1.54) is 5.39 Å². The van der Waals surface area contributed by atoms with Crippen LogP contribution >= 0.6 is 0 Å². The van der Waals surface area contributed by atoms with E-state index >= 15 is 0 Å². The standard InChI is InChI=1S/C15H15N3O/c1-16-10-9-14-17-18-15(19-14)13-8-4-6-11-5-2-3-7-12(11)13/h2-8,16H,9-10H2,1H3. The summed E-state index contributed by atoms with van der Waals surface area (Å²) in [6.07, 6.45) is 0.744. The van der Waals surface area contributed by atoms with Gasteiger partial charge in [0.1, 0.15) is 0 Å². The number of hydrogen-bond donors (Lipinski definition) is 1. The minimum atomic E-state index is 0.586. The van der Waals surface area contributed by atoms with Gasteiger partial charge in [-0.15, -0.1) is 10.2 Å². The Morgan fingerprint density at radius 3 is 2.79 bits per heavy atom. The molecule has 4 heteroatoms. The van der Waals surface area contributed by atoms with Crippen LogP contribution in [-0.2, 0) is 6.42 Å². The van der Waals surface area contributed by atoms with Crippen molar-refractivity contribution >= 4 is 10.8 Å². The van der Waals surface area contributed by atoms with Crippen LogP contribution in [0.15, 0.2) is 46.9 Å². The van der Waals surface area contributed by atoms with Gasteiger partial charge >= 0.3 is 0 Å². The van der Waals surface area contributed by atoms with Gasteiger partial charge < -0.3 is 9.73 Å². The smallest absolute Gasteiger partial charge is 0.248 e. The first kappa shape index (κ1) is 11.9. The SMILES string of the molecule is CNCCc1nnc(-c2cccc3ccccc23)o1. The molecule has 0 saturated carbocycles. The topological polar surface area (TPSA) is 51.0 Å². The zero-order chi connectivity index (χ0) is 13.1. The first-order valence-electron chi connectivity index (χ1n) is 6.33. The van der Waals surface area contributed by atoms with Crippen molar-refractivity contribution in [1.29, 1.82) is 0 Å². The molecule has 0 radical (unpaired) electrons. The Morgan fingerprint density at radius 2 is 1.89 bits per heavy atom. The highest BCUT2D eigenvalue weighted by molar-refractivity contribution is 5.94. The molecule has 0 unspecified atom stereocenters. The summed E-state index contributed by atoms with van der Waals surface area (Å²) in [5.74, 6) is 1.25. The number of hydrogen-bond acceptors (Lipinski definition) is 4. The number of aromatic nitrogens is 2. The van der Waals surface area contributed by atoms with E-state index in [0.717, 1.165) is 23.9 Å². The Hall–Kier alpha value is -2.20. The predicted molar refractivity (Wildman–Crippen MR) is 74.9 cm³/mol. The van der Waals surface area contributed by atoms with Crippen molar-refractivity contribution in [2.45, 2.75) is 6.42 Å². The van der Waals surface area contributed by atoms with Crippen molar-refractivity contribution in [2.75, 3.05) is 13.6 Å². The monoisotopic (exact) mass is 253 g/mol. The van der Waals surface area contributed by atoms with Crippen molar-refractivity contribution < 1.29 is 4.42 Å². The molecule has 4 nitrogen and oxygen atoms in total. The summed E-state index contributed by atoms with van der Waals surface area (Å²) in [5.41, 5.74) is 0.987. The van der Waals surface area contributed by atoms with E-state index in [1.54, 1.807) is 0 Å². The fraction of sp³-hybridized carbons (Fsp3) is 0.200. The fourth-order valence-corrected chi connectivity index (χ4v) is 2.11. The van der Waals surface area contributed by atoms with Crippen LogP contribution in [0.1, 0.15) is 5.89 Å². The molecule has 0 bridgehead atoms. The second-order valence-electron chi connectivity index (χ2n) is 4.38. The van der Waals surface area contributed by atoms with E-state index in [1.807, 2.05) is 31.3 Å². The zero-order valence-electron chi connectivity index (χ0n) is 10.8. The maximum absolute atomic E-state index is 5.72. The third-order valence-corrected chi connectivity index (χ3v) is 3.08. The number of benzene rings is 2. The Labute approximate surface area is 111 Å². The molecule has 3 rings (SSSR count). The molecule has 0 spiro atoms. The Morgan fingerprint density at radius 1 is 1.05 bits per heavy atom. The molecular weight excluding hydrogens is 238 g/mol. The number of likely N-dealkylation sites (N-methyl/N-ethyl adjacent to an activating group) is 1. The zero-order valence-corrected chi connectivity index (χ0v) is 10.8. The second-order valence-corrected chi connectivity index (χ2v) is 4.38. The van der Waals surface area contributed by atoms with Gasteiger partial charge in [0.25, 0.3) is 0 Å². The van der Waals surface area contributed by atoms with E-state index in [4.69, 9.17) is 4.42 Å². The molecule has 0 amide bonds. The van der Waals surface area contributed by atoms with Crippen LogP contribution in [-0.4, -0.2) is 23.8 Å². The maximum Gasteiger partial charge on any atom is 0.248 e. The molecule has 2 aromatic carbocycles. The lowest BCUT2D eigenvalue weighted by atomic mass is 10.0. The summed E-state index contributed by atoms with van der Waals surface area (Å²) in [6.45, 7) is 0.831. The van der Waals surface area contributed by atoms with Crippen LogP contribution in [0.4, 0.5) is 0 Å². The average Bonchev–Trinajstić information content (AvgIpc) is 2.93. The molecule has 96 valence electrons. The van der Waals surface area contributed by atoms with Crippen LogP contribution in [0.5, 0.6) is 0 Å². The first-order valence-corrected chi connectivity index (χ1v) is 6.33. The van der Waals surface area contributed by atoms with Gasteiger partial charge in [-0.3, -0.25) is 0 Å². The highest BCUT2D eigenvalue weighted by Crippen LogP contribution is 2.27. The van der Waals surface area contributed by atoms with Gasteiger partial charge in [0.2, 0.25) is 11.8 Å². The molecule has 0 aliphatic carbocycles. The molecule has 19 heavy (non-hydrogen) atoms. The van der Waals surface area contributed by atoms with Crippen LogP contribution in [0.25, 0.3) is 22.2 Å². The minimum absolute atomic E-state index is 0.586.